The Morgan fingerprint density at radius 3 is 2.79 bits per heavy atom. The molecule has 0 aliphatic rings. The lowest BCUT2D eigenvalue weighted by atomic mass is 10.4. The van der Waals surface area contributed by atoms with E-state index in [-0.39, 0.29) is 0 Å². The van der Waals surface area contributed by atoms with Crippen molar-refractivity contribution in [2.24, 2.45) is 7.05 Å². The Morgan fingerprint density at radius 2 is 2.21 bits per heavy atom. The molecular formula is C9H11N5. The number of hydrogen-bond donors (Lipinski definition) is 1. The minimum Gasteiger partial charge on any atom is -0.336 e. The molecule has 0 saturated carbocycles. The van der Waals surface area contributed by atoms with E-state index in [2.05, 4.69) is 20.4 Å². The maximum Gasteiger partial charge on any atom is 0.148 e. The van der Waals surface area contributed by atoms with Crippen LogP contribution in [0.1, 0.15) is 5.69 Å². The van der Waals surface area contributed by atoms with Gasteiger partial charge < -0.3 is 5.32 Å². The molecule has 0 aliphatic heterocycles. The molecule has 0 bridgehead atoms. The third-order valence-electron chi connectivity index (χ3n) is 1.84. The molecule has 2 aromatic heterocycles. The summed E-state index contributed by atoms with van der Waals surface area (Å²) in [5.74, 6) is 0.726. The summed E-state index contributed by atoms with van der Waals surface area (Å²) in [6, 6.07) is 0. The summed E-state index contributed by atoms with van der Waals surface area (Å²) >= 11 is 0. The smallest absolute Gasteiger partial charge is 0.148 e. The number of aromatic nitrogens is 4. The van der Waals surface area contributed by atoms with Crippen molar-refractivity contribution in [3.05, 3.63) is 30.5 Å². The fraction of sp³-hybridized carbons (Fsp3) is 0.222. The van der Waals surface area contributed by atoms with Gasteiger partial charge in [-0.1, -0.05) is 0 Å². The quantitative estimate of drug-likeness (QED) is 0.772. The van der Waals surface area contributed by atoms with Crippen LogP contribution in [0.25, 0.3) is 0 Å². The summed E-state index contributed by atoms with van der Waals surface area (Å²) in [6.07, 6.45) is 6.87. The average molecular weight is 189 g/mol. The van der Waals surface area contributed by atoms with E-state index < -0.39 is 0 Å². The van der Waals surface area contributed by atoms with Crippen LogP contribution in [0.3, 0.4) is 0 Å². The van der Waals surface area contributed by atoms with Crippen LogP contribution >= 0.6 is 0 Å². The van der Waals surface area contributed by atoms with E-state index in [4.69, 9.17) is 0 Å². The van der Waals surface area contributed by atoms with Gasteiger partial charge in [-0.3, -0.25) is 9.67 Å². The van der Waals surface area contributed by atoms with Gasteiger partial charge in [0.1, 0.15) is 5.82 Å². The van der Waals surface area contributed by atoms with E-state index in [0.717, 1.165) is 17.2 Å². The van der Waals surface area contributed by atoms with Crippen LogP contribution in [0.15, 0.2) is 24.8 Å². The summed E-state index contributed by atoms with van der Waals surface area (Å²) in [6.45, 7) is 1.94. The fourth-order valence-electron chi connectivity index (χ4n) is 1.22. The van der Waals surface area contributed by atoms with E-state index in [1.807, 2.05) is 20.2 Å². The van der Waals surface area contributed by atoms with Gasteiger partial charge in [0.2, 0.25) is 0 Å². The second kappa shape index (κ2) is 3.45. The number of aryl methyl sites for hydroxylation is 2. The highest BCUT2D eigenvalue weighted by Gasteiger charge is 2.02. The molecule has 0 saturated heterocycles. The average Bonchev–Trinajstić information content (AvgIpc) is 2.47. The van der Waals surface area contributed by atoms with Crippen molar-refractivity contribution in [1.29, 1.82) is 0 Å². The maximum atomic E-state index is 4.21. The highest BCUT2D eigenvalue weighted by molar-refractivity contribution is 5.56. The molecule has 14 heavy (non-hydrogen) atoms. The summed E-state index contributed by atoms with van der Waals surface area (Å²) in [4.78, 5) is 8.08. The Morgan fingerprint density at radius 1 is 1.36 bits per heavy atom. The third-order valence-corrected chi connectivity index (χ3v) is 1.84. The second-order valence-electron chi connectivity index (χ2n) is 3.02. The Labute approximate surface area is 81.8 Å². The van der Waals surface area contributed by atoms with E-state index in [1.54, 1.807) is 23.3 Å². The molecule has 0 aromatic carbocycles. The molecule has 0 unspecified atom stereocenters. The van der Waals surface area contributed by atoms with Crippen molar-refractivity contribution in [1.82, 2.24) is 19.7 Å². The summed E-state index contributed by atoms with van der Waals surface area (Å²) in [5, 5.41) is 7.35. The zero-order chi connectivity index (χ0) is 9.97. The van der Waals surface area contributed by atoms with Crippen molar-refractivity contribution >= 4 is 11.5 Å². The van der Waals surface area contributed by atoms with Crippen LogP contribution in [0.4, 0.5) is 11.5 Å². The summed E-state index contributed by atoms with van der Waals surface area (Å²) in [5.41, 5.74) is 1.89. The predicted octanol–water partition coefficient (Wildman–Crippen LogP) is 1.26. The molecule has 5 nitrogen and oxygen atoms in total. The van der Waals surface area contributed by atoms with Gasteiger partial charge in [-0.25, -0.2) is 4.98 Å². The zero-order valence-electron chi connectivity index (χ0n) is 8.10. The fourth-order valence-corrected chi connectivity index (χ4v) is 1.22. The largest absolute Gasteiger partial charge is 0.336 e. The molecule has 2 rings (SSSR count). The van der Waals surface area contributed by atoms with Crippen molar-refractivity contribution in [3.63, 3.8) is 0 Å². The molecule has 1 N–H and O–H groups in total. The number of hydrogen-bond acceptors (Lipinski definition) is 4. The zero-order valence-corrected chi connectivity index (χ0v) is 8.10. The first-order valence-corrected chi connectivity index (χ1v) is 4.29. The minimum atomic E-state index is 0.726. The first-order valence-electron chi connectivity index (χ1n) is 4.29. The Kier molecular flexibility index (Phi) is 2.14. The molecule has 2 heterocycles. The molecule has 0 atom stereocenters. The topological polar surface area (TPSA) is 55.6 Å². The van der Waals surface area contributed by atoms with Crippen molar-refractivity contribution in [2.45, 2.75) is 6.92 Å². The van der Waals surface area contributed by atoms with E-state index in [0.29, 0.717) is 0 Å². The first-order chi connectivity index (χ1) is 6.75. The molecule has 72 valence electrons. The van der Waals surface area contributed by atoms with Gasteiger partial charge in [-0.15, -0.1) is 0 Å². The molecule has 5 heteroatoms. The number of rotatable bonds is 2. The summed E-state index contributed by atoms with van der Waals surface area (Å²) < 4.78 is 1.76. The highest BCUT2D eigenvalue weighted by Crippen LogP contribution is 2.15. The lowest BCUT2D eigenvalue weighted by Crippen LogP contribution is -1.93. The van der Waals surface area contributed by atoms with Crippen LogP contribution in [0, 0.1) is 6.92 Å². The van der Waals surface area contributed by atoms with Crippen LogP contribution in [0.2, 0.25) is 0 Å². The van der Waals surface area contributed by atoms with Crippen molar-refractivity contribution < 1.29 is 0 Å². The normalized spacial score (nSPS) is 10.1. The summed E-state index contributed by atoms with van der Waals surface area (Å²) in [7, 11) is 1.88. The molecule has 0 fully saturated rings. The molecular weight excluding hydrogens is 178 g/mol. The lowest BCUT2D eigenvalue weighted by molar-refractivity contribution is 0.756. The molecule has 0 aliphatic carbocycles. The van der Waals surface area contributed by atoms with E-state index in [9.17, 15) is 0 Å². The number of nitrogens with one attached hydrogen (secondary N) is 1. The Bertz CT molecular complexity index is 420. The monoisotopic (exact) mass is 189 g/mol. The first kappa shape index (κ1) is 8.68. The van der Waals surface area contributed by atoms with Crippen LogP contribution in [-0.4, -0.2) is 19.7 Å². The predicted molar refractivity (Wildman–Crippen MR) is 53.3 cm³/mol. The standard InChI is InChI=1S/C9H11N5/c1-7-8(6-14(2)13-7)12-9-5-10-3-4-11-9/h3-6H,1-2H3,(H,11,12). The molecule has 2 aromatic rings. The van der Waals surface area contributed by atoms with Crippen molar-refractivity contribution in [2.75, 3.05) is 5.32 Å². The lowest BCUT2D eigenvalue weighted by Gasteiger charge is -2.01. The number of anilines is 2. The van der Waals surface area contributed by atoms with Crippen LogP contribution in [0.5, 0.6) is 0 Å². The molecule has 0 radical (unpaired) electrons. The van der Waals surface area contributed by atoms with Gasteiger partial charge in [0.15, 0.2) is 0 Å². The van der Waals surface area contributed by atoms with Gasteiger partial charge >= 0.3 is 0 Å². The Hall–Kier alpha value is -1.91. The number of nitrogens with zero attached hydrogens (tertiary/aromatic N) is 4. The van der Waals surface area contributed by atoms with E-state index >= 15 is 0 Å². The van der Waals surface area contributed by atoms with Gasteiger partial charge in [0, 0.05) is 25.6 Å². The molecule has 0 amide bonds. The van der Waals surface area contributed by atoms with E-state index in [1.165, 1.54) is 0 Å². The van der Waals surface area contributed by atoms with Crippen molar-refractivity contribution in [3.8, 4) is 0 Å². The SMILES string of the molecule is Cc1nn(C)cc1Nc1cnccn1. The minimum absolute atomic E-state index is 0.726. The highest BCUT2D eigenvalue weighted by atomic mass is 15.3. The Balaban J connectivity index is 2.23. The second-order valence-corrected chi connectivity index (χ2v) is 3.02. The molecule has 0 spiro atoms. The van der Waals surface area contributed by atoms with Gasteiger partial charge in [-0.05, 0) is 6.92 Å². The maximum absolute atomic E-state index is 4.21. The van der Waals surface area contributed by atoms with Crippen LogP contribution in [-0.2, 0) is 7.05 Å². The van der Waals surface area contributed by atoms with Gasteiger partial charge in [0.05, 0.1) is 17.6 Å². The van der Waals surface area contributed by atoms with Gasteiger partial charge in [0.25, 0.3) is 0 Å². The third kappa shape index (κ3) is 1.71. The van der Waals surface area contributed by atoms with Crippen LogP contribution < -0.4 is 5.32 Å². The van der Waals surface area contributed by atoms with Gasteiger partial charge in [-0.2, -0.15) is 5.10 Å².